The summed E-state index contributed by atoms with van der Waals surface area (Å²) in [6, 6.07) is 1.42. The number of hydrogen-bond donors (Lipinski definition) is 2. The van der Waals surface area contributed by atoms with Crippen molar-refractivity contribution in [3.8, 4) is 11.5 Å². The molecule has 0 saturated carbocycles. The van der Waals surface area contributed by atoms with E-state index in [1.54, 1.807) is 0 Å². The van der Waals surface area contributed by atoms with Crippen molar-refractivity contribution in [1.82, 2.24) is 0 Å². The molecule has 0 saturated heterocycles. The van der Waals surface area contributed by atoms with Gasteiger partial charge in [-0.05, 0) is 30.4 Å². The van der Waals surface area contributed by atoms with Gasteiger partial charge in [0.05, 0.1) is 0 Å². The Kier molecular flexibility index (Phi) is 2.49. The van der Waals surface area contributed by atoms with Gasteiger partial charge in [0.25, 0.3) is 0 Å². The Balaban J connectivity index is 3.53. The van der Waals surface area contributed by atoms with Gasteiger partial charge in [0.15, 0.2) is 0 Å². The molecule has 0 atom stereocenters. The molecule has 78 valence electrons. The summed E-state index contributed by atoms with van der Waals surface area (Å²) >= 11 is 0. The average molecular weight is 194 g/mol. The highest BCUT2D eigenvalue weighted by atomic mass is 16.3. The van der Waals surface area contributed by atoms with Crippen LogP contribution in [0.2, 0.25) is 0 Å². The minimum atomic E-state index is -0.105. The quantitative estimate of drug-likeness (QED) is 0.666. The standard InChI is InChI=1S/C12H18O2/c1-7-8(2)11(12(3,4)5)10(14)6-9(7)13/h6,13-14H,1-5H3. The van der Waals surface area contributed by atoms with E-state index in [0.29, 0.717) is 0 Å². The third-order valence-corrected chi connectivity index (χ3v) is 2.60. The molecule has 1 aromatic carbocycles. The fourth-order valence-electron chi connectivity index (χ4n) is 1.83. The average Bonchev–Trinajstić information content (AvgIpc) is 1.97. The van der Waals surface area contributed by atoms with Gasteiger partial charge in [-0.3, -0.25) is 0 Å². The number of aromatic hydroxyl groups is 2. The van der Waals surface area contributed by atoms with Crippen molar-refractivity contribution in [2.24, 2.45) is 0 Å². The summed E-state index contributed by atoms with van der Waals surface area (Å²) in [7, 11) is 0. The first kappa shape index (κ1) is 10.9. The third kappa shape index (κ3) is 1.69. The highest BCUT2D eigenvalue weighted by Crippen LogP contribution is 2.38. The number of benzene rings is 1. The van der Waals surface area contributed by atoms with Gasteiger partial charge in [-0.1, -0.05) is 20.8 Å². The molecule has 0 aromatic heterocycles. The van der Waals surface area contributed by atoms with E-state index in [1.165, 1.54) is 6.07 Å². The zero-order chi connectivity index (χ0) is 11.1. The minimum absolute atomic E-state index is 0.105. The van der Waals surface area contributed by atoms with Crippen LogP contribution >= 0.6 is 0 Å². The van der Waals surface area contributed by atoms with E-state index >= 15 is 0 Å². The Morgan fingerprint density at radius 2 is 1.43 bits per heavy atom. The maximum atomic E-state index is 9.77. The molecule has 0 amide bonds. The van der Waals surface area contributed by atoms with Gasteiger partial charge in [-0.25, -0.2) is 0 Å². The number of phenols is 2. The predicted octanol–water partition coefficient (Wildman–Crippen LogP) is 3.01. The Morgan fingerprint density at radius 3 is 1.86 bits per heavy atom. The zero-order valence-electron chi connectivity index (χ0n) is 9.47. The maximum absolute atomic E-state index is 9.77. The van der Waals surface area contributed by atoms with Crippen molar-refractivity contribution in [3.63, 3.8) is 0 Å². The highest BCUT2D eigenvalue weighted by Gasteiger charge is 2.22. The van der Waals surface area contributed by atoms with E-state index in [9.17, 15) is 10.2 Å². The molecule has 0 spiro atoms. The normalized spacial score (nSPS) is 11.8. The van der Waals surface area contributed by atoms with Gasteiger partial charge in [0, 0.05) is 11.6 Å². The predicted molar refractivity (Wildman–Crippen MR) is 57.9 cm³/mol. The summed E-state index contributed by atoms with van der Waals surface area (Å²) in [4.78, 5) is 0. The molecular weight excluding hydrogens is 176 g/mol. The van der Waals surface area contributed by atoms with Crippen LogP contribution in [-0.2, 0) is 5.41 Å². The van der Waals surface area contributed by atoms with E-state index in [4.69, 9.17) is 0 Å². The minimum Gasteiger partial charge on any atom is -0.508 e. The number of rotatable bonds is 0. The van der Waals surface area contributed by atoms with Gasteiger partial charge in [-0.2, -0.15) is 0 Å². The Bertz CT molecular complexity index is 360. The van der Waals surface area contributed by atoms with Gasteiger partial charge in [0.2, 0.25) is 0 Å². The molecule has 0 fully saturated rings. The van der Waals surface area contributed by atoms with Crippen LogP contribution in [0.25, 0.3) is 0 Å². The van der Waals surface area contributed by atoms with E-state index in [0.717, 1.165) is 16.7 Å². The molecule has 2 nitrogen and oxygen atoms in total. The van der Waals surface area contributed by atoms with Gasteiger partial charge < -0.3 is 10.2 Å². The third-order valence-electron chi connectivity index (χ3n) is 2.60. The van der Waals surface area contributed by atoms with E-state index in [1.807, 2.05) is 34.6 Å². The van der Waals surface area contributed by atoms with Crippen LogP contribution in [0.5, 0.6) is 11.5 Å². The molecule has 14 heavy (non-hydrogen) atoms. The Labute approximate surface area is 85.2 Å². The van der Waals surface area contributed by atoms with Crippen LogP contribution in [0, 0.1) is 13.8 Å². The van der Waals surface area contributed by atoms with Crippen LogP contribution in [0.1, 0.15) is 37.5 Å². The molecule has 0 unspecified atom stereocenters. The molecule has 0 aliphatic carbocycles. The summed E-state index contributed by atoms with van der Waals surface area (Å²) in [6.07, 6.45) is 0. The van der Waals surface area contributed by atoms with E-state index in [2.05, 4.69) is 0 Å². The first-order valence-corrected chi connectivity index (χ1v) is 4.77. The lowest BCUT2D eigenvalue weighted by Gasteiger charge is -2.24. The lowest BCUT2D eigenvalue weighted by atomic mass is 9.82. The number of hydrogen-bond acceptors (Lipinski definition) is 2. The lowest BCUT2D eigenvalue weighted by molar-refractivity contribution is 0.428. The summed E-state index contributed by atoms with van der Waals surface area (Å²) in [5.74, 6) is 0.339. The van der Waals surface area contributed by atoms with Crippen molar-refractivity contribution in [2.45, 2.75) is 40.0 Å². The molecule has 0 aliphatic rings. The molecule has 0 bridgehead atoms. The summed E-state index contributed by atoms with van der Waals surface area (Å²) in [6.45, 7) is 9.93. The van der Waals surface area contributed by atoms with Crippen LogP contribution in [0.3, 0.4) is 0 Å². The monoisotopic (exact) mass is 194 g/mol. The maximum Gasteiger partial charge on any atom is 0.123 e. The fourth-order valence-corrected chi connectivity index (χ4v) is 1.83. The second-order valence-electron chi connectivity index (χ2n) is 4.79. The molecule has 2 N–H and O–H groups in total. The van der Waals surface area contributed by atoms with E-state index in [-0.39, 0.29) is 16.9 Å². The molecule has 0 radical (unpaired) electrons. The largest absolute Gasteiger partial charge is 0.508 e. The first-order valence-electron chi connectivity index (χ1n) is 4.77. The Hall–Kier alpha value is -1.18. The highest BCUT2D eigenvalue weighted by molar-refractivity contribution is 5.53. The molecule has 1 aromatic rings. The van der Waals surface area contributed by atoms with Gasteiger partial charge in [-0.15, -0.1) is 0 Å². The summed E-state index contributed by atoms with van der Waals surface area (Å²) in [5, 5.41) is 19.3. The smallest absolute Gasteiger partial charge is 0.123 e. The summed E-state index contributed by atoms with van der Waals surface area (Å²) < 4.78 is 0. The topological polar surface area (TPSA) is 40.5 Å². The zero-order valence-corrected chi connectivity index (χ0v) is 9.47. The molecule has 0 heterocycles. The van der Waals surface area contributed by atoms with E-state index < -0.39 is 0 Å². The van der Waals surface area contributed by atoms with Crippen molar-refractivity contribution >= 4 is 0 Å². The van der Waals surface area contributed by atoms with Crippen molar-refractivity contribution < 1.29 is 10.2 Å². The van der Waals surface area contributed by atoms with Gasteiger partial charge in [0.1, 0.15) is 11.5 Å². The van der Waals surface area contributed by atoms with Crippen molar-refractivity contribution in [3.05, 3.63) is 22.8 Å². The second kappa shape index (κ2) is 3.19. The molecular formula is C12H18O2. The second-order valence-corrected chi connectivity index (χ2v) is 4.79. The Morgan fingerprint density at radius 1 is 0.929 bits per heavy atom. The van der Waals surface area contributed by atoms with Gasteiger partial charge >= 0.3 is 0 Å². The summed E-state index contributed by atoms with van der Waals surface area (Å²) in [5.41, 5.74) is 2.61. The molecule has 0 aliphatic heterocycles. The fraction of sp³-hybridized carbons (Fsp3) is 0.500. The van der Waals surface area contributed by atoms with Crippen LogP contribution in [0.4, 0.5) is 0 Å². The van der Waals surface area contributed by atoms with Crippen LogP contribution in [0.15, 0.2) is 6.07 Å². The SMILES string of the molecule is Cc1c(O)cc(O)c(C(C)(C)C)c1C. The molecule has 1 rings (SSSR count). The molecule has 2 heteroatoms. The van der Waals surface area contributed by atoms with Crippen LogP contribution in [-0.4, -0.2) is 10.2 Å². The lowest BCUT2D eigenvalue weighted by Crippen LogP contribution is -2.14. The first-order chi connectivity index (χ1) is 6.25. The van der Waals surface area contributed by atoms with Crippen LogP contribution < -0.4 is 0 Å². The van der Waals surface area contributed by atoms with Crippen molar-refractivity contribution in [1.29, 1.82) is 0 Å². The van der Waals surface area contributed by atoms with Crippen molar-refractivity contribution in [2.75, 3.05) is 0 Å². The number of phenolic OH excluding ortho intramolecular Hbond substituents is 2.